The Morgan fingerprint density at radius 3 is 2.55 bits per heavy atom. The molecule has 1 saturated carbocycles. The molecular weight excluding hydrogens is 552 g/mol. The highest BCUT2D eigenvalue weighted by atomic mass is 16.5. The highest BCUT2D eigenvalue weighted by Crippen LogP contribution is 2.65. The Kier molecular flexibility index (Phi) is 7.34. The first-order valence-corrected chi connectivity index (χ1v) is 15.6. The highest BCUT2D eigenvalue weighted by molar-refractivity contribution is 5.94. The zero-order valence-corrected chi connectivity index (χ0v) is 25.5. The Hall–Kier alpha value is -4.28. The molecule has 0 aromatic heterocycles. The molecule has 44 heavy (non-hydrogen) atoms. The fraction of sp³-hybridized carbons (Fsp3) is 0.405. The molecular formula is C37H38N2O5. The first-order valence-electron chi connectivity index (χ1n) is 15.6. The number of hydrogen-bond donors (Lipinski definition) is 0. The monoisotopic (exact) mass is 590 g/mol. The maximum atomic E-state index is 13.5. The van der Waals surface area contributed by atoms with Crippen LogP contribution in [0.25, 0.3) is 0 Å². The molecule has 1 saturated heterocycles. The summed E-state index contributed by atoms with van der Waals surface area (Å²) in [5, 5.41) is 0. The van der Waals surface area contributed by atoms with Gasteiger partial charge in [0.15, 0.2) is 11.5 Å². The lowest BCUT2D eigenvalue weighted by Crippen LogP contribution is -2.69. The predicted molar refractivity (Wildman–Crippen MR) is 167 cm³/mol. The van der Waals surface area contributed by atoms with Gasteiger partial charge in [-0.05, 0) is 62.3 Å². The van der Waals surface area contributed by atoms with Crippen molar-refractivity contribution in [3.63, 3.8) is 0 Å². The van der Waals surface area contributed by atoms with E-state index in [1.807, 2.05) is 43.4 Å². The molecule has 2 aliphatic carbocycles. The summed E-state index contributed by atoms with van der Waals surface area (Å²) >= 11 is 0. The van der Waals surface area contributed by atoms with Crippen LogP contribution in [0.3, 0.4) is 0 Å². The van der Waals surface area contributed by atoms with Gasteiger partial charge in [0.05, 0.1) is 13.2 Å². The van der Waals surface area contributed by atoms with Crippen LogP contribution in [0.1, 0.15) is 48.4 Å². The largest absolute Gasteiger partial charge is 0.493 e. The molecule has 0 radical (unpaired) electrons. The van der Waals surface area contributed by atoms with E-state index in [0.29, 0.717) is 17.4 Å². The number of benzene rings is 3. The van der Waals surface area contributed by atoms with Crippen LogP contribution in [0, 0.1) is 17.8 Å². The van der Waals surface area contributed by atoms with Crippen molar-refractivity contribution in [1.29, 1.82) is 0 Å². The summed E-state index contributed by atoms with van der Waals surface area (Å²) in [7, 11) is 3.48. The van der Waals surface area contributed by atoms with Gasteiger partial charge < -0.3 is 19.1 Å². The van der Waals surface area contributed by atoms with E-state index in [1.54, 1.807) is 12.0 Å². The standard InChI is InChI=1S/C37H38N2O5/c1-24(40)43-31-23-32(42-3)35-34-27(31)22-30-28-15-16-29(38(2)33(41)17-14-25-10-6-4-7-11-25)36(44-35)37(28,34)19-21-39(30)20-18-26-12-8-5-9-13-26/h4-13,23,28-30,36H,15-16,18-22H2,1-3H3/t28-,29-,30+,36-,37-/m0/s1. The number of likely N-dealkylation sites (N-methyl/N-ethyl adjacent to an activating group) is 1. The molecule has 3 aromatic rings. The van der Waals surface area contributed by atoms with Crippen molar-refractivity contribution in [1.82, 2.24) is 9.80 Å². The molecule has 0 unspecified atom stereocenters. The molecule has 2 heterocycles. The number of rotatable bonds is 6. The van der Waals surface area contributed by atoms with Gasteiger partial charge in [-0.25, -0.2) is 0 Å². The summed E-state index contributed by atoms with van der Waals surface area (Å²) in [4.78, 5) is 30.2. The second kappa shape index (κ2) is 11.3. The summed E-state index contributed by atoms with van der Waals surface area (Å²) in [5.74, 6) is 7.56. The second-order valence-corrected chi connectivity index (χ2v) is 12.5. The number of esters is 1. The smallest absolute Gasteiger partial charge is 0.308 e. The Bertz CT molecular complexity index is 1650. The van der Waals surface area contributed by atoms with Gasteiger partial charge in [0.25, 0.3) is 5.91 Å². The first kappa shape index (κ1) is 28.5. The van der Waals surface area contributed by atoms with Gasteiger partial charge in [-0.2, -0.15) is 0 Å². The van der Waals surface area contributed by atoms with E-state index in [0.717, 1.165) is 67.6 Å². The van der Waals surface area contributed by atoms with Gasteiger partial charge >= 0.3 is 5.97 Å². The van der Waals surface area contributed by atoms with Gasteiger partial charge in [0.2, 0.25) is 0 Å². The van der Waals surface area contributed by atoms with E-state index in [1.165, 1.54) is 12.5 Å². The summed E-state index contributed by atoms with van der Waals surface area (Å²) < 4.78 is 18.6. The number of amides is 1. The number of hydrogen-bond acceptors (Lipinski definition) is 6. The maximum Gasteiger partial charge on any atom is 0.308 e. The minimum absolute atomic E-state index is 0.152. The third kappa shape index (κ3) is 4.64. The minimum atomic E-state index is -0.353. The van der Waals surface area contributed by atoms with Gasteiger partial charge in [-0.3, -0.25) is 14.5 Å². The van der Waals surface area contributed by atoms with E-state index >= 15 is 0 Å². The number of carbonyl (C=O) groups is 2. The molecule has 5 atom stereocenters. The third-order valence-electron chi connectivity index (χ3n) is 10.4. The van der Waals surface area contributed by atoms with Crippen LogP contribution < -0.4 is 14.2 Å². The molecule has 226 valence electrons. The number of likely N-dealkylation sites (tertiary alicyclic amines) is 1. The number of methoxy groups -OCH3 is 1. The van der Waals surface area contributed by atoms with Crippen molar-refractivity contribution in [2.45, 2.75) is 62.6 Å². The first-order chi connectivity index (χ1) is 21.4. The van der Waals surface area contributed by atoms with E-state index in [4.69, 9.17) is 14.2 Å². The normalized spacial score (nSPS) is 26.0. The van der Waals surface area contributed by atoms with E-state index in [2.05, 4.69) is 47.1 Å². The number of ether oxygens (including phenoxy) is 3. The number of nitrogens with zero attached hydrogens (tertiary/aromatic N) is 2. The molecule has 2 bridgehead atoms. The van der Waals surface area contributed by atoms with E-state index in [-0.39, 0.29) is 35.5 Å². The van der Waals surface area contributed by atoms with E-state index < -0.39 is 0 Å². The molecule has 1 amide bonds. The molecule has 7 nitrogen and oxygen atoms in total. The summed E-state index contributed by atoms with van der Waals surface area (Å²) in [5.41, 5.74) is 4.00. The lowest BCUT2D eigenvalue weighted by Gasteiger charge is -2.60. The second-order valence-electron chi connectivity index (χ2n) is 12.5. The van der Waals surface area contributed by atoms with Crippen molar-refractivity contribution in [3.05, 3.63) is 89.0 Å². The Morgan fingerprint density at radius 1 is 1.07 bits per heavy atom. The average Bonchev–Trinajstić information content (AvgIpc) is 3.38. The molecule has 1 spiro atoms. The SMILES string of the molecule is COc1cc(OC(C)=O)c2c3c1O[C@H]1[C@@H](N(C)C(=O)C#Cc4ccccc4)CC[C@H]4[C@@H](C2)N(CCc2ccccc2)CC[C@@]341. The third-order valence-corrected chi connectivity index (χ3v) is 10.4. The quantitative estimate of drug-likeness (QED) is 0.234. The molecule has 7 rings (SSSR count). The van der Waals surface area contributed by atoms with Crippen molar-refractivity contribution >= 4 is 11.9 Å². The van der Waals surface area contributed by atoms with Crippen LogP contribution in [0.2, 0.25) is 0 Å². The molecule has 2 fully saturated rings. The zero-order valence-electron chi connectivity index (χ0n) is 25.5. The highest BCUT2D eigenvalue weighted by Gasteiger charge is 2.67. The van der Waals surface area contributed by atoms with Crippen LogP contribution >= 0.6 is 0 Å². The summed E-state index contributed by atoms with van der Waals surface area (Å²) in [6.45, 7) is 3.34. The molecule has 7 heteroatoms. The van der Waals surface area contributed by atoms with Crippen LogP contribution in [-0.2, 0) is 27.8 Å². The maximum absolute atomic E-state index is 13.5. The molecule has 0 N–H and O–H groups in total. The number of piperidine rings is 1. The Morgan fingerprint density at radius 2 is 1.82 bits per heavy atom. The van der Waals surface area contributed by atoms with Crippen molar-refractivity contribution in [2.24, 2.45) is 5.92 Å². The van der Waals surface area contributed by atoms with Crippen molar-refractivity contribution in [3.8, 4) is 29.1 Å². The van der Waals surface area contributed by atoms with E-state index in [9.17, 15) is 9.59 Å². The fourth-order valence-electron chi connectivity index (χ4n) is 8.51. The van der Waals surface area contributed by atoms with Crippen molar-refractivity contribution in [2.75, 3.05) is 27.2 Å². The van der Waals surface area contributed by atoms with Gasteiger partial charge in [-0.15, -0.1) is 0 Å². The molecule has 3 aromatic carbocycles. The van der Waals surface area contributed by atoms with Crippen molar-refractivity contribution < 1.29 is 23.8 Å². The average molecular weight is 591 g/mol. The number of carbonyl (C=O) groups excluding carboxylic acids is 2. The lowest BCUT2D eigenvalue weighted by molar-refractivity contribution is -0.135. The van der Waals surface area contributed by atoms with Crippen LogP contribution in [0.5, 0.6) is 17.2 Å². The summed E-state index contributed by atoms with van der Waals surface area (Å²) in [6.07, 6.45) is 4.22. The molecule has 4 aliphatic rings. The van der Waals surface area contributed by atoms with Crippen LogP contribution in [0.15, 0.2) is 66.7 Å². The topological polar surface area (TPSA) is 68.3 Å². The summed E-state index contributed by atoms with van der Waals surface area (Å²) in [6, 6.07) is 22.2. The van der Waals surface area contributed by atoms with Gasteiger partial charge in [0.1, 0.15) is 11.9 Å². The van der Waals surface area contributed by atoms with Crippen LogP contribution in [-0.4, -0.2) is 67.1 Å². The van der Waals surface area contributed by atoms with Gasteiger partial charge in [0, 0.05) is 60.7 Å². The van der Waals surface area contributed by atoms with Crippen LogP contribution in [0.4, 0.5) is 0 Å². The zero-order chi connectivity index (χ0) is 30.4. The Balaban J connectivity index is 1.27. The molecule has 2 aliphatic heterocycles. The van der Waals surface area contributed by atoms with Gasteiger partial charge in [-0.1, -0.05) is 54.5 Å². The lowest BCUT2D eigenvalue weighted by atomic mass is 9.50. The predicted octanol–water partition coefficient (Wildman–Crippen LogP) is 4.78. The minimum Gasteiger partial charge on any atom is -0.493 e. The fourth-order valence-corrected chi connectivity index (χ4v) is 8.51. The Labute approximate surface area is 259 Å².